The molecule has 1 aromatic heterocycles. The minimum Gasteiger partial charge on any atom is -0.494 e. The van der Waals surface area contributed by atoms with Gasteiger partial charge in [0.15, 0.2) is 14.6 Å². The summed E-state index contributed by atoms with van der Waals surface area (Å²) >= 11 is 0. The Morgan fingerprint density at radius 2 is 1.74 bits per heavy atom. The van der Waals surface area contributed by atoms with Crippen molar-refractivity contribution in [2.24, 2.45) is 0 Å². The number of benzene rings is 2. The number of nitrogens with zero attached hydrogens (tertiary/aromatic N) is 1. The van der Waals surface area contributed by atoms with Gasteiger partial charge in [-0.15, -0.1) is 0 Å². The lowest BCUT2D eigenvalue weighted by Crippen LogP contribution is -2.54. The smallest absolute Gasteiger partial charge is 0.265 e. The molecule has 0 aliphatic carbocycles. The number of pyridine rings is 1. The number of amides is 1. The van der Waals surface area contributed by atoms with Crippen molar-refractivity contribution in [2.45, 2.75) is 35.3 Å². The van der Waals surface area contributed by atoms with Crippen molar-refractivity contribution in [1.82, 2.24) is 10.5 Å². The molecule has 3 aromatic rings. The number of carbonyl (C=O) groups is 1. The number of hydrogen-bond donors (Lipinski definition) is 2. The Morgan fingerprint density at radius 1 is 1.03 bits per heavy atom. The van der Waals surface area contributed by atoms with Gasteiger partial charge in [-0.05, 0) is 78.8 Å². The van der Waals surface area contributed by atoms with Crippen LogP contribution < -0.4 is 10.2 Å². The van der Waals surface area contributed by atoms with Crippen molar-refractivity contribution >= 4 is 15.7 Å². The van der Waals surface area contributed by atoms with E-state index >= 15 is 0 Å². The zero-order chi connectivity index (χ0) is 24.7. The molecule has 184 valence electrons. The van der Waals surface area contributed by atoms with E-state index in [4.69, 9.17) is 14.7 Å². The van der Waals surface area contributed by atoms with Crippen LogP contribution in [-0.4, -0.2) is 49.1 Å². The van der Waals surface area contributed by atoms with Gasteiger partial charge in [-0.3, -0.25) is 15.0 Å². The lowest BCUT2D eigenvalue weighted by Gasteiger charge is -2.34. The fourth-order valence-electron chi connectivity index (χ4n) is 4.28. The van der Waals surface area contributed by atoms with E-state index in [0.29, 0.717) is 12.4 Å². The maximum atomic E-state index is 13.3. The number of nitrogens with one attached hydrogen (secondary N) is 1. The van der Waals surface area contributed by atoms with E-state index in [1.165, 1.54) is 23.2 Å². The Hall–Kier alpha value is -3.27. The van der Waals surface area contributed by atoms with E-state index in [9.17, 15) is 13.2 Å². The number of ether oxygens (including phenoxy) is 2. The second-order valence-electron chi connectivity index (χ2n) is 8.41. The molecule has 1 amide bonds. The van der Waals surface area contributed by atoms with Gasteiger partial charge in [0.2, 0.25) is 0 Å². The average molecular weight is 497 g/mol. The molecular weight excluding hydrogens is 468 g/mol. The fourth-order valence-corrected chi connectivity index (χ4v) is 6.22. The standard InChI is InChI=1S/C26H28N2O6S/c29-25(28-30)26(12-17-33-18-13-26)35(31,32)24-8-6-23(7-9-24)34-16-2-4-20-3-1-5-22(19-20)21-10-14-27-15-11-21/h1,3,5-11,14-15,19,30H,2,4,12-13,16-18H2,(H,28,29). The molecule has 9 heteroatoms. The summed E-state index contributed by atoms with van der Waals surface area (Å²) in [4.78, 5) is 16.4. The number of carbonyl (C=O) groups excluding carboxylic acids is 1. The Labute approximate surface area is 204 Å². The van der Waals surface area contributed by atoms with Crippen LogP contribution in [0.3, 0.4) is 0 Å². The second kappa shape index (κ2) is 11.0. The molecule has 8 nitrogen and oxygen atoms in total. The second-order valence-corrected chi connectivity index (χ2v) is 10.7. The number of hydroxylamine groups is 1. The summed E-state index contributed by atoms with van der Waals surface area (Å²) in [5.41, 5.74) is 4.98. The van der Waals surface area contributed by atoms with Crippen LogP contribution in [-0.2, 0) is 25.8 Å². The summed E-state index contributed by atoms with van der Waals surface area (Å²) in [7, 11) is -4.05. The SMILES string of the molecule is O=C(NO)C1(S(=O)(=O)c2ccc(OCCCc3cccc(-c4ccncc4)c3)cc2)CCOCC1. The molecule has 2 N–H and O–H groups in total. The summed E-state index contributed by atoms with van der Waals surface area (Å²) in [6.45, 7) is 0.721. The zero-order valence-electron chi connectivity index (χ0n) is 19.2. The van der Waals surface area contributed by atoms with Crippen molar-refractivity contribution < 1.29 is 27.9 Å². The molecule has 0 atom stereocenters. The van der Waals surface area contributed by atoms with Gasteiger partial charge >= 0.3 is 0 Å². The summed E-state index contributed by atoms with van der Waals surface area (Å²) in [5, 5.41) is 9.16. The van der Waals surface area contributed by atoms with Crippen LogP contribution in [0.2, 0.25) is 0 Å². The van der Waals surface area contributed by atoms with Crippen LogP contribution in [0.4, 0.5) is 0 Å². The highest BCUT2D eigenvalue weighted by Crippen LogP contribution is 2.35. The first kappa shape index (κ1) is 24.8. The first-order valence-corrected chi connectivity index (χ1v) is 12.9. The number of aryl methyl sites for hydroxylation is 1. The molecule has 1 saturated heterocycles. The van der Waals surface area contributed by atoms with Gasteiger partial charge in [-0.2, -0.15) is 0 Å². The predicted octanol–water partition coefficient (Wildman–Crippen LogP) is 3.59. The molecule has 1 fully saturated rings. The fraction of sp³-hybridized carbons (Fsp3) is 0.308. The van der Waals surface area contributed by atoms with Gasteiger partial charge < -0.3 is 9.47 Å². The molecule has 2 heterocycles. The van der Waals surface area contributed by atoms with Gasteiger partial charge in [0, 0.05) is 25.6 Å². The van der Waals surface area contributed by atoms with Gasteiger partial charge in [-0.1, -0.05) is 24.3 Å². The van der Waals surface area contributed by atoms with Crippen LogP contribution in [0.25, 0.3) is 11.1 Å². The quantitative estimate of drug-likeness (QED) is 0.264. The molecule has 35 heavy (non-hydrogen) atoms. The van der Waals surface area contributed by atoms with E-state index in [2.05, 4.69) is 23.2 Å². The van der Waals surface area contributed by atoms with Crippen LogP contribution >= 0.6 is 0 Å². The molecule has 1 aliphatic heterocycles. The van der Waals surface area contributed by atoms with Gasteiger partial charge in [0.05, 0.1) is 11.5 Å². The number of sulfone groups is 1. The minimum atomic E-state index is -4.05. The third-order valence-corrected chi connectivity index (χ3v) is 8.80. The van der Waals surface area contributed by atoms with Gasteiger partial charge in [0.1, 0.15) is 5.75 Å². The van der Waals surface area contributed by atoms with Gasteiger partial charge in [0.25, 0.3) is 5.91 Å². The topological polar surface area (TPSA) is 115 Å². The highest BCUT2D eigenvalue weighted by atomic mass is 32.2. The predicted molar refractivity (Wildman–Crippen MR) is 130 cm³/mol. The van der Waals surface area contributed by atoms with Crippen molar-refractivity contribution in [3.63, 3.8) is 0 Å². The molecule has 1 aliphatic rings. The molecule has 0 radical (unpaired) electrons. The first-order chi connectivity index (χ1) is 17.0. The normalized spacial score (nSPS) is 15.3. The Morgan fingerprint density at radius 3 is 2.43 bits per heavy atom. The van der Waals surface area contributed by atoms with Crippen molar-refractivity contribution in [2.75, 3.05) is 19.8 Å². The summed E-state index contributed by atoms with van der Waals surface area (Å²) in [5.74, 6) is -0.392. The van der Waals surface area contributed by atoms with Crippen LogP contribution in [0.15, 0.2) is 78.0 Å². The third kappa shape index (κ3) is 5.37. The van der Waals surface area contributed by atoms with Crippen LogP contribution in [0, 0.1) is 0 Å². The van der Waals surface area contributed by atoms with E-state index in [0.717, 1.165) is 24.0 Å². The molecule has 4 rings (SSSR count). The average Bonchev–Trinajstić information content (AvgIpc) is 2.92. The largest absolute Gasteiger partial charge is 0.494 e. The molecule has 2 aromatic carbocycles. The lowest BCUT2D eigenvalue weighted by atomic mass is 9.98. The van der Waals surface area contributed by atoms with E-state index in [1.807, 2.05) is 18.2 Å². The number of aromatic nitrogens is 1. The zero-order valence-corrected chi connectivity index (χ0v) is 20.0. The first-order valence-electron chi connectivity index (χ1n) is 11.5. The summed E-state index contributed by atoms with van der Waals surface area (Å²) in [6, 6.07) is 18.3. The van der Waals surface area contributed by atoms with E-state index in [1.54, 1.807) is 24.5 Å². The van der Waals surface area contributed by atoms with E-state index in [-0.39, 0.29) is 31.0 Å². The molecule has 0 unspecified atom stereocenters. The van der Waals surface area contributed by atoms with Gasteiger partial charge in [-0.25, -0.2) is 13.9 Å². The third-order valence-electron chi connectivity index (χ3n) is 6.28. The van der Waals surface area contributed by atoms with Crippen LogP contribution in [0.5, 0.6) is 5.75 Å². The summed E-state index contributed by atoms with van der Waals surface area (Å²) < 4.78 is 35.9. The maximum Gasteiger partial charge on any atom is 0.265 e. The highest BCUT2D eigenvalue weighted by Gasteiger charge is 2.52. The Balaban J connectivity index is 1.36. The number of rotatable bonds is 9. The van der Waals surface area contributed by atoms with Crippen molar-refractivity contribution in [3.8, 4) is 16.9 Å². The molecule has 0 spiro atoms. The van der Waals surface area contributed by atoms with Crippen molar-refractivity contribution in [1.29, 1.82) is 0 Å². The molecular formula is C26H28N2O6S. The Kier molecular flexibility index (Phi) is 7.80. The highest BCUT2D eigenvalue weighted by molar-refractivity contribution is 7.93. The Bertz CT molecular complexity index is 1240. The number of hydrogen-bond acceptors (Lipinski definition) is 7. The van der Waals surface area contributed by atoms with Crippen LogP contribution in [0.1, 0.15) is 24.8 Å². The van der Waals surface area contributed by atoms with Crippen molar-refractivity contribution in [3.05, 3.63) is 78.6 Å². The summed E-state index contributed by atoms with van der Waals surface area (Å²) in [6.07, 6.45) is 5.13. The maximum absolute atomic E-state index is 13.3. The monoisotopic (exact) mass is 496 g/mol. The lowest BCUT2D eigenvalue weighted by molar-refractivity contribution is -0.134. The molecule has 0 bridgehead atoms. The molecule has 0 saturated carbocycles. The minimum absolute atomic E-state index is 0.00303. The van der Waals surface area contributed by atoms with E-state index < -0.39 is 20.5 Å².